The summed E-state index contributed by atoms with van der Waals surface area (Å²) in [6.07, 6.45) is 0.162. The molecule has 1 aliphatic heterocycles. The van der Waals surface area contributed by atoms with E-state index in [1.165, 1.54) is 17.5 Å². The summed E-state index contributed by atoms with van der Waals surface area (Å²) in [7, 11) is -2.26. The fraction of sp³-hybridized carbons (Fsp3) is 0.417. The maximum absolute atomic E-state index is 12.7. The average Bonchev–Trinajstić information content (AvgIpc) is 2.64. The van der Waals surface area contributed by atoms with E-state index in [9.17, 15) is 13.2 Å². The van der Waals surface area contributed by atoms with Crippen LogP contribution in [-0.2, 0) is 14.8 Å². The summed E-state index contributed by atoms with van der Waals surface area (Å²) in [6.45, 7) is 0.738. The Morgan fingerprint density at radius 3 is 2.80 bits per heavy atom. The maximum atomic E-state index is 12.7. The van der Waals surface area contributed by atoms with Gasteiger partial charge in [0.1, 0.15) is 10.6 Å². The van der Waals surface area contributed by atoms with Crippen LogP contribution < -0.4 is 10.1 Å². The molecule has 1 N–H and O–H groups in total. The number of amides is 1. The molecule has 8 heteroatoms. The Morgan fingerprint density at radius 1 is 1.35 bits per heavy atom. The lowest BCUT2D eigenvalue weighted by atomic mass is 10.3. The van der Waals surface area contributed by atoms with Gasteiger partial charge in [-0.3, -0.25) is 4.79 Å². The van der Waals surface area contributed by atoms with Crippen LogP contribution in [0.3, 0.4) is 0 Å². The highest BCUT2D eigenvalue weighted by atomic mass is 79.9. The lowest BCUT2D eigenvalue weighted by molar-refractivity contribution is -0.120. The number of sulfonamides is 1. The van der Waals surface area contributed by atoms with Crippen molar-refractivity contribution in [2.24, 2.45) is 0 Å². The standard InChI is InChI=1S/C12H15BrN2O4S/c1-19-10-3-2-9(13)8-11(10)20(17,18)15-6-4-12(16)14-5-7-15/h2-3,8H,4-7H2,1H3,(H,14,16). The Bertz CT molecular complexity index is 618. The quantitative estimate of drug-likeness (QED) is 0.868. The van der Waals surface area contributed by atoms with Crippen LogP contribution in [0, 0.1) is 0 Å². The molecule has 110 valence electrons. The van der Waals surface area contributed by atoms with Crippen LogP contribution in [0.25, 0.3) is 0 Å². The van der Waals surface area contributed by atoms with Gasteiger partial charge in [-0.25, -0.2) is 8.42 Å². The van der Waals surface area contributed by atoms with Gasteiger partial charge < -0.3 is 10.1 Å². The number of nitrogens with zero attached hydrogens (tertiary/aromatic N) is 1. The minimum absolute atomic E-state index is 0.101. The van der Waals surface area contributed by atoms with Crippen LogP contribution in [0.5, 0.6) is 5.75 Å². The van der Waals surface area contributed by atoms with Crippen LogP contribution in [0.4, 0.5) is 0 Å². The van der Waals surface area contributed by atoms with Gasteiger partial charge in [-0.15, -0.1) is 0 Å². The number of carbonyl (C=O) groups is 1. The van der Waals surface area contributed by atoms with Gasteiger partial charge in [0.15, 0.2) is 0 Å². The first-order chi connectivity index (χ1) is 9.45. The molecule has 1 aromatic rings. The van der Waals surface area contributed by atoms with E-state index < -0.39 is 10.0 Å². The van der Waals surface area contributed by atoms with Crippen molar-refractivity contribution in [3.8, 4) is 5.75 Å². The Morgan fingerprint density at radius 2 is 2.10 bits per heavy atom. The highest BCUT2D eigenvalue weighted by Gasteiger charge is 2.29. The Balaban J connectivity index is 2.39. The molecule has 0 atom stereocenters. The third-order valence-corrected chi connectivity index (χ3v) is 5.43. The number of carbonyl (C=O) groups excluding carboxylic acids is 1. The molecule has 20 heavy (non-hydrogen) atoms. The summed E-state index contributed by atoms with van der Waals surface area (Å²) in [5, 5.41) is 2.65. The van der Waals surface area contributed by atoms with Crippen molar-refractivity contribution in [3.05, 3.63) is 22.7 Å². The summed E-state index contributed by atoms with van der Waals surface area (Å²) in [4.78, 5) is 11.4. The molecule has 0 aromatic heterocycles. The van der Waals surface area contributed by atoms with Gasteiger partial charge in [-0.05, 0) is 18.2 Å². The van der Waals surface area contributed by atoms with E-state index in [-0.39, 0.29) is 36.1 Å². The van der Waals surface area contributed by atoms with E-state index in [2.05, 4.69) is 21.2 Å². The average molecular weight is 363 g/mol. The van der Waals surface area contributed by atoms with E-state index in [4.69, 9.17) is 4.74 Å². The molecule has 1 fully saturated rings. The topological polar surface area (TPSA) is 75.7 Å². The second-order valence-corrected chi connectivity index (χ2v) is 7.12. The molecular formula is C12H15BrN2O4S. The van der Waals surface area contributed by atoms with Crippen molar-refractivity contribution in [2.45, 2.75) is 11.3 Å². The van der Waals surface area contributed by atoms with Crippen molar-refractivity contribution >= 4 is 31.9 Å². The first kappa shape index (κ1) is 15.3. The molecule has 1 aromatic carbocycles. The van der Waals surface area contributed by atoms with Gasteiger partial charge in [0.05, 0.1) is 7.11 Å². The SMILES string of the molecule is COc1ccc(Br)cc1S(=O)(=O)N1CCNC(=O)CC1. The van der Waals surface area contributed by atoms with Crippen molar-refractivity contribution in [2.75, 3.05) is 26.7 Å². The largest absolute Gasteiger partial charge is 0.495 e. The molecule has 0 radical (unpaired) electrons. The van der Waals surface area contributed by atoms with Crippen LogP contribution in [0.2, 0.25) is 0 Å². The third-order valence-electron chi connectivity index (χ3n) is 3.02. The summed E-state index contributed by atoms with van der Waals surface area (Å²) < 4.78 is 32.4. The molecule has 0 spiro atoms. The van der Waals surface area contributed by atoms with Gasteiger partial charge in [0.25, 0.3) is 0 Å². The van der Waals surface area contributed by atoms with Gasteiger partial charge in [0.2, 0.25) is 15.9 Å². The number of nitrogens with one attached hydrogen (secondary N) is 1. The van der Waals surface area contributed by atoms with Crippen molar-refractivity contribution in [1.82, 2.24) is 9.62 Å². The molecule has 0 unspecified atom stereocenters. The van der Waals surface area contributed by atoms with Crippen LogP contribution in [-0.4, -0.2) is 45.4 Å². The van der Waals surface area contributed by atoms with Crippen LogP contribution in [0.15, 0.2) is 27.6 Å². The van der Waals surface area contributed by atoms with Crippen molar-refractivity contribution in [3.63, 3.8) is 0 Å². The van der Waals surface area contributed by atoms with Crippen LogP contribution >= 0.6 is 15.9 Å². The normalized spacial score (nSPS) is 17.4. The lowest BCUT2D eigenvalue weighted by Crippen LogP contribution is -2.34. The molecule has 1 saturated heterocycles. The third kappa shape index (κ3) is 3.13. The molecule has 1 heterocycles. The highest BCUT2D eigenvalue weighted by Crippen LogP contribution is 2.29. The van der Waals surface area contributed by atoms with E-state index in [0.717, 1.165) is 0 Å². The second kappa shape index (κ2) is 6.11. The molecule has 1 amide bonds. The molecule has 1 aliphatic rings. The molecular weight excluding hydrogens is 348 g/mol. The zero-order valence-electron chi connectivity index (χ0n) is 10.9. The van der Waals surface area contributed by atoms with Crippen molar-refractivity contribution < 1.29 is 17.9 Å². The fourth-order valence-electron chi connectivity index (χ4n) is 1.98. The highest BCUT2D eigenvalue weighted by molar-refractivity contribution is 9.10. The zero-order chi connectivity index (χ0) is 14.8. The molecule has 6 nitrogen and oxygen atoms in total. The van der Waals surface area contributed by atoms with E-state index in [1.807, 2.05) is 0 Å². The van der Waals surface area contributed by atoms with Gasteiger partial charge in [-0.2, -0.15) is 4.31 Å². The Hall–Kier alpha value is -1.12. The fourth-order valence-corrected chi connectivity index (χ4v) is 4.11. The van der Waals surface area contributed by atoms with E-state index in [1.54, 1.807) is 12.1 Å². The minimum atomic E-state index is -3.69. The number of halogens is 1. The summed E-state index contributed by atoms with van der Waals surface area (Å²) in [6, 6.07) is 4.82. The number of hydrogen-bond donors (Lipinski definition) is 1. The smallest absolute Gasteiger partial charge is 0.246 e. The monoisotopic (exact) mass is 362 g/mol. The summed E-state index contributed by atoms with van der Waals surface area (Å²) >= 11 is 3.26. The predicted molar refractivity (Wildman–Crippen MR) is 77.1 cm³/mol. The van der Waals surface area contributed by atoms with Gasteiger partial charge >= 0.3 is 0 Å². The minimum Gasteiger partial charge on any atom is -0.495 e. The number of hydrogen-bond acceptors (Lipinski definition) is 4. The summed E-state index contributed by atoms with van der Waals surface area (Å²) in [5.74, 6) is 0.153. The number of ether oxygens (including phenoxy) is 1. The van der Waals surface area contributed by atoms with Gasteiger partial charge in [0, 0.05) is 30.5 Å². The molecule has 2 rings (SSSR count). The molecule has 0 bridgehead atoms. The zero-order valence-corrected chi connectivity index (χ0v) is 13.3. The first-order valence-electron chi connectivity index (χ1n) is 6.05. The maximum Gasteiger partial charge on any atom is 0.246 e. The Labute approximate surface area is 126 Å². The first-order valence-corrected chi connectivity index (χ1v) is 8.29. The second-order valence-electron chi connectivity index (χ2n) is 4.30. The number of methoxy groups -OCH3 is 1. The number of rotatable bonds is 3. The lowest BCUT2D eigenvalue weighted by Gasteiger charge is -2.20. The van der Waals surface area contributed by atoms with Crippen molar-refractivity contribution in [1.29, 1.82) is 0 Å². The van der Waals surface area contributed by atoms with Gasteiger partial charge in [-0.1, -0.05) is 15.9 Å². The Kier molecular flexibility index (Phi) is 4.66. The van der Waals surface area contributed by atoms with Crippen LogP contribution in [0.1, 0.15) is 6.42 Å². The van der Waals surface area contributed by atoms with E-state index in [0.29, 0.717) is 11.0 Å². The molecule has 0 saturated carbocycles. The van der Waals surface area contributed by atoms with E-state index >= 15 is 0 Å². The molecule has 0 aliphatic carbocycles. The summed E-state index contributed by atoms with van der Waals surface area (Å²) in [5.41, 5.74) is 0. The predicted octanol–water partition coefficient (Wildman–Crippen LogP) is 0.968. The number of benzene rings is 1.